The maximum absolute atomic E-state index is 12.0. The van der Waals surface area contributed by atoms with Crippen LogP contribution >= 0.6 is 0 Å². The summed E-state index contributed by atoms with van der Waals surface area (Å²) in [5.74, 6) is -1.20. The van der Waals surface area contributed by atoms with E-state index in [0.29, 0.717) is 11.0 Å². The summed E-state index contributed by atoms with van der Waals surface area (Å²) >= 11 is 0. The van der Waals surface area contributed by atoms with Crippen LogP contribution in [0.2, 0.25) is 0 Å². The van der Waals surface area contributed by atoms with Crippen molar-refractivity contribution in [1.29, 1.82) is 0 Å². The van der Waals surface area contributed by atoms with Crippen LogP contribution in [0.25, 0.3) is 0 Å². The number of hydrogen-bond acceptors (Lipinski definition) is 5. The molecule has 1 aromatic carbocycles. The Hall–Kier alpha value is -2.21. The molecule has 21 heavy (non-hydrogen) atoms. The molecule has 1 unspecified atom stereocenters. The number of hydrogen-bond donors (Lipinski definition) is 0. The average molecular weight is 288 g/mol. The van der Waals surface area contributed by atoms with Gasteiger partial charge in [0.05, 0.1) is 17.7 Å². The molecular weight excluding hydrogens is 272 g/mol. The molecule has 0 spiro atoms. The van der Waals surface area contributed by atoms with E-state index in [0.717, 1.165) is 19.5 Å². The first-order chi connectivity index (χ1) is 10.1. The molecule has 6 nitrogen and oxygen atoms in total. The Morgan fingerprint density at radius 1 is 1.24 bits per heavy atom. The van der Waals surface area contributed by atoms with Crippen LogP contribution in [0, 0.1) is 5.92 Å². The molecule has 0 aromatic heterocycles. The number of carbonyl (C=O) groups excluding carboxylic acids is 3. The molecule has 110 valence electrons. The van der Waals surface area contributed by atoms with Crippen molar-refractivity contribution in [3.63, 3.8) is 0 Å². The normalized spacial score (nSPS) is 21.8. The highest BCUT2D eigenvalue weighted by Gasteiger charge is 2.38. The third kappa shape index (κ3) is 2.54. The Bertz CT molecular complexity index is 578. The topological polar surface area (TPSA) is 66.9 Å². The average Bonchev–Trinajstić information content (AvgIpc) is 2.97. The monoisotopic (exact) mass is 288 g/mol. The molecule has 0 aliphatic carbocycles. The van der Waals surface area contributed by atoms with E-state index in [-0.39, 0.29) is 17.7 Å². The summed E-state index contributed by atoms with van der Waals surface area (Å²) in [5.41, 5.74) is 0.537. The lowest BCUT2D eigenvalue weighted by molar-refractivity contribution is -0.169. The summed E-state index contributed by atoms with van der Waals surface area (Å²) in [6.45, 7) is 3.88. The van der Waals surface area contributed by atoms with E-state index in [1.165, 1.54) is 0 Å². The summed E-state index contributed by atoms with van der Waals surface area (Å²) in [4.78, 5) is 42.9. The highest BCUT2D eigenvalue weighted by atomic mass is 16.7. The van der Waals surface area contributed by atoms with Gasteiger partial charge in [0.25, 0.3) is 11.8 Å². The van der Waals surface area contributed by atoms with Gasteiger partial charge in [0.15, 0.2) is 0 Å². The van der Waals surface area contributed by atoms with E-state index >= 15 is 0 Å². The summed E-state index contributed by atoms with van der Waals surface area (Å²) < 4.78 is 0. The van der Waals surface area contributed by atoms with Crippen LogP contribution in [-0.4, -0.2) is 47.4 Å². The summed E-state index contributed by atoms with van der Waals surface area (Å²) in [5, 5.41) is 0.562. The predicted octanol–water partition coefficient (Wildman–Crippen LogP) is 1.08. The van der Waals surface area contributed by atoms with Gasteiger partial charge in [0.2, 0.25) is 0 Å². The van der Waals surface area contributed by atoms with Crippen molar-refractivity contribution in [2.75, 3.05) is 19.6 Å². The van der Waals surface area contributed by atoms with E-state index < -0.39 is 17.8 Å². The van der Waals surface area contributed by atoms with Crippen molar-refractivity contribution in [3.05, 3.63) is 35.4 Å². The van der Waals surface area contributed by atoms with Gasteiger partial charge in [-0.25, -0.2) is 4.79 Å². The maximum Gasteiger partial charge on any atom is 0.347 e. The lowest BCUT2D eigenvalue weighted by atomic mass is 10.1. The molecular formula is C15H16N2O4. The quantitative estimate of drug-likeness (QED) is 0.779. The Morgan fingerprint density at radius 3 is 2.38 bits per heavy atom. The van der Waals surface area contributed by atoms with Crippen LogP contribution in [0.4, 0.5) is 0 Å². The number of carbonyl (C=O) groups is 3. The molecule has 1 aromatic rings. The standard InChI is InChI=1S/C15H16N2O4/c1-10-6-7-16(8-10)9-13(18)21-17-14(19)11-4-2-3-5-12(11)15(17)20/h2-5,10H,6-9H2,1H3. The number of likely N-dealkylation sites (tertiary alicyclic amines) is 1. The van der Waals surface area contributed by atoms with Crippen LogP contribution in [0.5, 0.6) is 0 Å². The zero-order chi connectivity index (χ0) is 15.0. The number of hydroxylamine groups is 2. The largest absolute Gasteiger partial charge is 0.347 e. The first-order valence-corrected chi connectivity index (χ1v) is 6.97. The Labute approximate surface area is 122 Å². The van der Waals surface area contributed by atoms with Crippen molar-refractivity contribution in [1.82, 2.24) is 9.96 Å². The van der Waals surface area contributed by atoms with E-state index in [2.05, 4.69) is 6.92 Å². The molecule has 0 N–H and O–H groups in total. The van der Waals surface area contributed by atoms with Gasteiger partial charge in [-0.05, 0) is 31.0 Å². The first-order valence-electron chi connectivity index (χ1n) is 6.97. The molecule has 2 aliphatic heterocycles. The van der Waals surface area contributed by atoms with Crippen molar-refractivity contribution in [2.45, 2.75) is 13.3 Å². The van der Waals surface area contributed by atoms with Gasteiger partial charge in [-0.15, -0.1) is 0 Å². The third-order valence-electron chi connectivity index (χ3n) is 3.81. The SMILES string of the molecule is CC1CCN(CC(=O)ON2C(=O)c3ccccc3C2=O)C1. The predicted molar refractivity (Wildman–Crippen MR) is 73.3 cm³/mol. The minimum absolute atomic E-state index is 0.0950. The molecule has 2 amide bonds. The third-order valence-corrected chi connectivity index (χ3v) is 3.81. The van der Waals surface area contributed by atoms with Gasteiger partial charge in [-0.1, -0.05) is 24.1 Å². The molecule has 2 heterocycles. The number of benzene rings is 1. The molecule has 0 saturated carbocycles. The molecule has 0 bridgehead atoms. The fourth-order valence-electron chi connectivity index (χ4n) is 2.73. The minimum Gasteiger partial charge on any atom is -0.328 e. The van der Waals surface area contributed by atoms with Gasteiger partial charge >= 0.3 is 5.97 Å². The Balaban J connectivity index is 1.65. The van der Waals surface area contributed by atoms with Crippen LogP contribution in [0.3, 0.4) is 0 Å². The minimum atomic E-state index is -0.585. The van der Waals surface area contributed by atoms with E-state index in [9.17, 15) is 14.4 Å². The van der Waals surface area contributed by atoms with E-state index in [1.807, 2.05) is 4.90 Å². The molecule has 6 heteroatoms. The van der Waals surface area contributed by atoms with Crippen LogP contribution in [0.15, 0.2) is 24.3 Å². The Kier molecular flexibility index (Phi) is 3.47. The molecule has 3 rings (SSSR count). The van der Waals surface area contributed by atoms with Crippen molar-refractivity contribution in [2.24, 2.45) is 5.92 Å². The smallest absolute Gasteiger partial charge is 0.328 e. The van der Waals surface area contributed by atoms with Crippen LogP contribution in [-0.2, 0) is 9.63 Å². The summed E-state index contributed by atoms with van der Waals surface area (Å²) in [7, 11) is 0. The molecule has 2 aliphatic rings. The molecule has 1 atom stereocenters. The van der Waals surface area contributed by atoms with Gasteiger partial charge in [-0.3, -0.25) is 14.5 Å². The lowest BCUT2D eigenvalue weighted by Gasteiger charge is -2.17. The number of fused-ring (bicyclic) bond motifs is 1. The van der Waals surface area contributed by atoms with E-state index in [1.54, 1.807) is 24.3 Å². The summed E-state index contributed by atoms with van der Waals surface area (Å²) in [6, 6.07) is 6.43. The highest BCUT2D eigenvalue weighted by Crippen LogP contribution is 2.23. The summed E-state index contributed by atoms with van der Waals surface area (Å²) in [6.07, 6.45) is 1.04. The van der Waals surface area contributed by atoms with Gasteiger partial charge < -0.3 is 4.84 Å². The van der Waals surface area contributed by atoms with Crippen LogP contribution < -0.4 is 0 Å². The zero-order valence-electron chi connectivity index (χ0n) is 11.7. The zero-order valence-corrected chi connectivity index (χ0v) is 11.7. The second-order valence-corrected chi connectivity index (χ2v) is 5.54. The molecule has 1 fully saturated rings. The van der Waals surface area contributed by atoms with E-state index in [4.69, 9.17) is 4.84 Å². The van der Waals surface area contributed by atoms with Crippen molar-refractivity contribution >= 4 is 17.8 Å². The van der Waals surface area contributed by atoms with Gasteiger partial charge in [0, 0.05) is 6.54 Å². The van der Waals surface area contributed by atoms with Crippen LogP contribution in [0.1, 0.15) is 34.1 Å². The fraction of sp³-hybridized carbons (Fsp3) is 0.400. The number of imide groups is 1. The van der Waals surface area contributed by atoms with Gasteiger partial charge in [0.1, 0.15) is 0 Å². The highest BCUT2D eigenvalue weighted by molar-refractivity contribution is 6.20. The molecule has 1 saturated heterocycles. The van der Waals surface area contributed by atoms with Gasteiger partial charge in [-0.2, -0.15) is 0 Å². The number of nitrogens with zero attached hydrogens (tertiary/aromatic N) is 2. The fourth-order valence-corrected chi connectivity index (χ4v) is 2.73. The van der Waals surface area contributed by atoms with Crippen molar-refractivity contribution < 1.29 is 19.2 Å². The maximum atomic E-state index is 12.0. The lowest BCUT2D eigenvalue weighted by Crippen LogP contribution is -2.37. The number of amides is 2. The molecule has 0 radical (unpaired) electrons. The Morgan fingerprint density at radius 2 is 1.86 bits per heavy atom. The van der Waals surface area contributed by atoms with Crippen molar-refractivity contribution in [3.8, 4) is 0 Å². The first kappa shape index (κ1) is 13.8. The number of rotatable bonds is 3. The second kappa shape index (κ2) is 5.29. The second-order valence-electron chi connectivity index (χ2n) is 5.54.